The van der Waals surface area contributed by atoms with E-state index >= 15 is 0 Å². The minimum Gasteiger partial charge on any atom is -0.302 e. The molecular weight excluding hydrogens is 282 g/mol. The third kappa shape index (κ3) is 2.31. The zero-order chi connectivity index (χ0) is 15.8. The molecule has 1 aliphatic carbocycles. The molecule has 0 saturated carbocycles. The molecule has 0 fully saturated rings. The van der Waals surface area contributed by atoms with E-state index in [-0.39, 0.29) is 5.92 Å². The van der Waals surface area contributed by atoms with Gasteiger partial charge in [-0.1, -0.05) is 18.2 Å². The van der Waals surface area contributed by atoms with Crippen LogP contribution in [0, 0.1) is 11.3 Å². The number of fused-ring (bicyclic) bond motifs is 2. The van der Waals surface area contributed by atoms with Crippen molar-refractivity contribution in [2.45, 2.75) is 38.5 Å². The van der Waals surface area contributed by atoms with Crippen molar-refractivity contribution in [2.75, 3.05) is 0 Å². The van der Waals surface area contributed by atoms with Crippen LogP contribution in [0.3, 0.4) is 0 Å². The monoisotopic (exact) mass is 301 g/mol. The lowest BCUT2D eigenvalue weighted by Crippen LogP contribution is -2.03. The van der Waals surface area contributed by atoms with Gasteiger partial charge in [0, 0.05) is 11.8 Å². The molecule has 0 radical (unpaired) electrons. The predicted molar refractivity (Wildman–Crippen MR) is 91.3 cm³/mol. The van der Waals surface area contributed by atoms with Gasteiger partial charge in [0.1, 0.15) is 5.65 Å². The first-order valence-corrected chi connectivity index (χ1v) is 8.26. The number of hydrogen-bond donors (Lipinski definition) is 0. The van der Waals surface area contributed by atoms with E-state index < -0.39 is 0 Å². The van der Waals surface area contributed by atoms with Crippen LogP contribution in [-0.2, 0) is 12.8 Å². The number of hydrogen-bond acceptors (Lipinski definition) is 2. The average Bonchev–Trinajstić information content (AvgIpc) is 3.00. The molecule has 23 heavy (non-hydrogen) atoms. The summed E-state index contributed by atoms with van der Waals surface area (Å²) in [4.78, 5) is 4.81. The lowest BCUT2D eigenvalue weighted by molar-refractivity contribution is 0.686. The summed E-state index contributed by atoms with van der Waals surface area (Å²) in [6, 6.07) is 15.0. The standard InChI is InChI=1S/C20H19N3/c1-14(13-21)20-19(22-18-8-4-5-11-23(18)20)17-10-9-15-6-2-3-7-16(15)12-17/h4-5,8-12,14H,2-3,6-7H2,1H3. The lowest BCUT2D eigenvalue weighted by Gasteiger charge is -2.16. The van der Waals surface area contributed by atoms with Crippen molar-refractivity contribution >= 4 is 5.65 Å². The van der Waals surface area contributed by atoms with E-state index in [4.69, 9.17) is 4.98 Å². The molecule has 1 aromatic carbocycles. The van der Waals surface area contributed by atoms with E-state index in [1.54, 1.807) is 0 Å². The molecule has 1 unspecified atom stereocenters. The van der Waals surface area contributed by atoms with Gasteiger partial charge in [0.25, 0.3) is 0 Å². The van der Waals surface area contributed by atoms with Crippen molar-refractivity contribution in [1.82, 2.24) is 9.38 Å². The molecule has 0 spiro atoms. The van der Waals surface area contributed by atoms with Crippen LogP contribution in [0.2, 0.25) is 0 Å². The molecule has 0 aliphatic heterocycles. The number of aryl methyl sites for hydroxylation is 2. The molecule has 0 saturated heterocycles. The lowest BCUT2D eigenvalue weighted by atomic mass is 9.89. The topological polar surface area (TPSA) is 41.1 Å². The Kier molecular flexibility index (Phi) is 3.38. The Balaban J connectivity index is 1.93. The highest BCUT2D eigenvalue weighted by Gasteiger charge is 2.20. The van der Waals surface area contributed by atoms with Crippen LogP contribution < -0.4 is 0 Å². The molecule has 3 nitrogen and oxygen atoms in total. The molecule has 2 heterocycles. The SMILES string of the molecule is CC(C#N)c1c(-c2ccc3c(c2)CCCC3)nc2ccccn12. The van der Waals surface area contributed by atoms with Gasteiger partial charge in [-0.25, -0.2) is 4.98 Å². The summed E-state index contributed by atoms with van der Waals surface area (Å²) >= 11 is 0. The molecular formula is C20H19N3. The van der Waals surface area contributed by atoms with Crippen molar-refractivity contribution in [3.63, 3.8) is 0 Å². The van der Waals surface area contributed by atoms with Crippen LogP contribution in [0.1, 0.15) is 42.5 Å². The van der Waals surface area contributed by atoms with Crippen molar-refractivity contribution in [2.24, 2.45) is 0 Å². The minimum atomic E-state index is -0.196. The Bertz CT molecular complexity index is 914. The number of nitrogens with zero attached hydrogens (tertiary/aromatic N) is 3. The summed E-state index contributed by atoms with van der Waals surface area (Å²) in [5.74, 6) is -0.196. The first-order valence-electron chi connectivity index (χ1n) is 8.26. The fraction of sp³-hybridized carbons (Fsp3) is 0.300. The highest BCUT2D eigenvalue weighted by atomic mass is 15.0. The van der Waals surface area contributed by atoms with E-state index in [0.29, 0.717) is 0 Å². The fourth-order valence-corrected chi connectivity index (χ4v) is 3.58. The second-order valence-electron chi connectivity index (χ2n) is 6.32. The van der Waals surface area contributed by atoms with Gasteiger partial charge in [-0.3, -0.25) is 0 Å². The van der Waals surface area contributed by atoms with Gasteiger partial charge in [0.05, 0.1) is 23.4 Å². The number of rotatable bonds is 2. The number of benzene rings is 1. The van der Waals surface area contributed by atoms with E-state index in [1.807, 2.05) is 35.7 Å². The molecule has 0 bridgehead atoms. The number of nitriles is 1. The average molecular weight is 301 g/mol. The van der Waals surface area contributed by atoms with Gasteiger partial charge < -0.3 is 4.40 Å². The van der Waals surface area contributed by atoms with Crippen molar-refractivity contribution in [3.05, 3.63) is 59.4 Å². The third-order valence-electron chi connectivity index (χ3n) is 4.79. The smallest absolute Gasteiger partial charge is 0.137 e. The van der Waals surface area contributed by atoms with Gasteiger partial charge in [0.2, 0.25) is 0 Å². The largest absolute Gasteiger partial charge is 0.302 e. The highest BCUT2D eigenvalue weighted by Crippen LogP contribution is 2.32. The fourth-order valence-electron chi connectivity index (χ4n) is 3.58. The first-order chi connectivity index (χ1) is 11.3. The molecule has 0 amide bonds. The predicted octanol–water partition coefficient (Wildman–Crippen LogP) is 4.51. The second kappa shape index (κ2) is 5.55. The van der Waals surface area contributed by atoms with E-state index in [1.165, 1.54) is 30.4 Å². The van der Waals surface area contributed by atoms with Gasteiger partial charge in [0.15, 0.2) is 0 Å². The molecule has 1 aliphatic rings. The quantitative estimate of drug-likeness (QED) is 0.699. The Morgan fingerprint density at radius 3 is 2.78 bits per heavy atom. The second-order valence-corrected chi connectivity index (χ2v) is 6.32. The maximum Gasteiger partial charge on any atom is 0.137 e. The van der Waals surface area contributed by atoms with Crippen LogP contribution in [0.15, 0.2) is 42.6 Å². The van der Waals surface area contributed by atoms with Gasteiger partial charge in [-0.2, -0.15) is 5.26 Å². The van der Waals surface area contributed by atoms with Gasteiger partial charge in [-0.05, 0) is 61.9 Å². The summed E-state index contributed by atoms with van der Waals surface area (Å²) < 4.78 is 2.04. The Hall–Kier alpha value is -2.60. The number of aromatic nitrogens is 2. The summed E-state index contributed by atoms with van der Waals surface area (Å²) in [7, 11) is 0. The maximum atomic E-state index is 9.44. The molecule has 3 heteroatoms. The molecule has 114 valence electrons. The van der Waals surface area contributed by atoms with E-state index in [2.05, 4.69) is 24.3 Å². The Labute approximate surface area is 136 Å². The van der Waals surface area contributed by atoms with Crippen molar-refractivity contribution < 1.29 is 0 Å². The van der Waals surface area contributed by atoms with Crippen LogP contribution in [0.4, 0.5) is 0 Å². The van der Waals surface area contributed by atoms with E-state index in [9.17, 15) is 5.26 Å². The molecule has 0 N–H and O–H groups in total. The van der Waals surface area contributed by atoms with Gasteiger partial charge >= 0.3 is 0 Å². The number of imidazole rings is 1. The summed E-state index contributed by atoms with van der Waals surface area (Å²) in [6.45, 7) is 1.94. The minimum absolute atomic E-state index is 0.196. The molecule has 1 atom stereocenters. The Morgan fingerprint density at radius 1 is 1.13 bits per heavy atom. The zero-order valence-electron chi connectivity index (χ0n) is 13.3. The van der Waals surface area contributed by atoms with Gasteiger partial charge in [-0.15, -0.1) is 0 Å². The third-order valence-corrected chi connectivity index (χ3v) is 4.79. The normalized spacial score (nSPS) is 15.1. The molecule has 2 aromatic heterocycles. The van der Waals surface area contributed by atoms with E-state index in [0.717, 1.165) is 29.0 Å². The Morgan fingerprint density at radius 2 is 1.96 bits per heavy atom. The van der Waals surface area contributed by atoms with Crippen molar-refractivity contribution in [1.29, 1.82) is 5.26 Å². The summed E-state index contributed by atoms with van der Waals surface area (Å²) in [5.41, 5.74) is 6.88. The summed E-state index contributed by atoms with van der Waals surface area (Å²) in [6.07, 6.45) is 6.88. The van der Waals surface area contributed by atoms with Crippen LogP contribution in [-0.4, -0.2) is 9.38 Å². The van der Waals surface area contributed by atoms with Crippen molar-refractivity contribution in [3.8, 4) is 17.3 Å². The van der Waals surface area contributed by atoms with Crippen LogP contribution in [0.25, 0.3) is 16.9 Å². The molecule has 3 aromatic rings. The first kappa shape index (κ1) is 14.0. The molecule has 4 rings (SSSR count). The highest BCUT2D eigenvalue weighted by molar-refractivity contribution is 5.69. The van der Waals surface area contributed by atoms with Crippen LogP contribution in [0.5, 0.6) is 0 Å². The number of pyridine rings is 1. The van der Waals surface area contributed by atoms with Crippen LogP contribution >= 0.6 is 0 Å². The zero-order valence-corrected chi connectivity index (χ0v) is 13.3. The summed E-state index contributed by atoms with van der Waals surface area (Å²) in [5, 5.41) is 9.44. The maximum absolute atomic E-state index is 9.44.